The third-order valence-corrected chi connectivity index (χ3v) is 5.18. The summed E-state index contributed by atoms with van der Waals surface area (Å²) < 4.78 is 1.75. The maximum Gasteiger partial charge on any atom is 0.267 e. The predicted molar refractivity (Wildman–Crippen MR) is 108 cm³/mol. The van der Waals surface area contributed by atoms with Crippen molar-refractivity contribution in [2.75, 3.05) is 10.6 Å². The van der Waals surface area contributed by atoms with Crippen LogP contribution in [-0.2, 0) is 6.54 Å². The van der Waals surface area contributed by atoms with Crippen molar-refractivity contribution < 1.29 is 9.90 Å². The Morgan fingerprint density at radius 2 is 2.14 bits per heavy atom. The van der Waals surface area contributed by atoms with E-state index < -0.39 is 0 Å². The molecule has 28 heavy (non-hydrogen) atoms. The topological polar surface area (TPSA) is 116 Å². The highest BCUT2D eigenvalue weighted by Crippen LogP contribution is 2.29. The third kappa shape index (κ3) is 4.13. The number of anilines is 3. The first kappa shape index (κ1) is 19.4. The molecule has 8 nitrogen and oxygen atoms in total. The van der Waals surface area contributed by atoms with Crippen LogP contribution in [0.4, 0.5) is 16.6 Å². The SMILES string of the molecule is Cc1ccc(O)c(C)c1NC(=O)c1cnc(Nc2cc(C)n(CCC#N)n2)s1. The Hall–Kier alpha value is -3.38. The van der Waals surface area contributed by atoms with Gasteiger partial charge in [-0.1, -0.05) is 17.4 Å². The van der Waals surface area contributed by atoms with E-state index in [4.69, 9.17) is 5.26 Å². The number of carbonyl (C=O) groups is 1. The van der Waals surface area contributed by atoms with Gasteiger partial charge in [-0.05, 0) is 32.4 Å². The Labute approximate surface area is 166 Å². The minimum atomic E-state index is -0.293. The number of phenolic OH excluding ortho intramolecular Hbond substituents is 1. The third-order valence-electron chi connectivity index (χ3n) is 4.26. The van der Waals surface area contributed by atoms with Gasteiger partial charge in [0.2, 0.25) is 0 Å². The minimum absolute atomic E-state index is 0.134. The molecular formula is C19H20N6O2S. The van der Waals surface area contributed by atoms with E-state index in [1.165, 1.54) is 17.5 Å². The molecule has 2 heterocycles. The van der Waals surface area contributed by atoms with Crippen molar-refractivity contribution in [3.05, 3.63) is 46.1 Å². The van der Waals surface area contributed by atoms with E-state index in [0.717, 1.165) is 11.3 Å². The van der Waals surface area contributed by atoms with Gasteiger partial charge in [0.1, 0.15) is 10.6 Å². The second-order valence-corrected chi connectivity index (χ2v) is 7.34. The maximum atomic E-state index is 12.6. The number of aromatic hydroxyl groups is 1. The van der Waals surface area contributed by atoms with Gasteiger partial charge in [-0.25, -0.2) is 4.98 Å². The number of hydrogen-bond acceptors (Lipinski definition) is 7. The van der Waals surface area contributed by atoms with Crippen molar-refractivity contribution >= 4 is 33.9 Å². The second-order valence-electron chi connectivity index (χ2n) is 6.31. The van der Waals surface area contributed by atoms with E-state index in [1.54, 1.807) is 23.7 Å². The van der Waals surface area contributed by atoms with Crippen LogP contribution in [-0.4, -0.2) is 25.8 Å². The molecular weight excluding hydrogens is 376 g/mol. The zero-order chi connectivity index (χ0) is 20.3. The van der Waals surface area contributed by atoms with Gasteiger partial charge < -0.3 is 15.7 Å². The largest absolute Gasteiger partial charge is 0.508 e. The lowest BCUT2D eigenvalue weighted by molar-refractivity contribution is 0.103. The molecule has 0 fully saturated rings. The number of amides is 1. The Kier molecular flexibility index (Phi) is 5.61. The Bertz CT molecular complexity index is 1060. The number of hydrogen-bond donors (Lipinski definition) is 3. The number of phenols is 1. The van der Waals surface area contributed by atoms with E-state index in [-0.39, 0.29) is 11.7 Å². The first-order valence-corrected chi connectivity index (χ1v) is 9.45. The highest BCUT2D eigenvalue weighted by molar-refractivity contribution is 7.17. The standard InChI is InChI=1S/C19H20N6O2S/c1-11-5-6-14(26)13(3)17(11)23-18(27)15-10-21-19(28-15)22-16-9-12(2)25(24-16)8-4-7-20/h5-6,9-10,26H,4,8H2,1-3H3,(H,23,27)(H,21,22,24). The fourth-order valence-corrected chi connectivity index (χ4v) is 3.42. The molecule has 0 aliphatic carbocycles. The molecule has 3 N–H and O–H groups in total. The van der Waals surface area contributed by atoms with E-state index >= 15 is 0 Å². The van der Waals surface area contributed by atoms with Crippen LogP contribution in [0.1, 0.15) is 32.9 Å². The lowest BCUT2D eigenvalue weighted by atomic mass is 10.1. The number of nitriles is 1. The summed E-state index contributed by atoms with van der Waals surface area (Å²) in [5, 5.41) is 29.4. The molecule has 2 aromatic heterocycles. The average molecular weight is 396 g/mol. The van der Waals surface area contributed by atoms with Crippen molar-refractivity contribution in [2.45, 2.75) is 33.7 Å². The summed E-state index contributed by atoms with van der Waals surface area (Å²) in [4.78, 5) is 17.2. The summed E-state index contributed by atoms with van der Waals surface area (Å²) >= 11 is 1.21. The first-order chi connectivity index (χ1) is 13.4. The maximum absolute atomic E-state index is 12.6. The summed E-state index contributed by atoms with van der Waals surface area (Å²) in [5.74, 6) is 0.449. The van der Waals surface area contributed by atoms with Crippen LogP contribution in [0, 0.1) is 32.1 Å². The minimum Gasteiger partial charge on any atom is -0.508 e. The Morgan fingerprint density at radius 3 is 2.89 bits per heavy atom. The van der Waals surface area contributed by atoms with Gasteiger partial charge in [0.05, 0.1) is 30.9 Å². The molecule has 0 aliphatic heterocycles. The zero-order valence-electron chi connectivity index (χ0n) is 15.8. The lowest BCUT2D eigenvalue weighted by Gasteiger charge is -2.11. The normalized spacial score (nSPS) is 10.5. The van der Waals surface area contributed by atoms with E-state index in [2.05, 4.69) is 26.8 Å². The van der Waals surface area contributed by atoms with Crippen LogP contribution >= 0.6 is 11.3 Å². The van der Waals surface area contributed by atoms with Crippen LogP contribution in [0.25, 0.3) is 0 Å². The summed E-state index contributed by atoms with van der Waals surface area (Å²) in [5.41, 5.74) is 3.02. The fourth-order valence-electron chi connectivity index (χ4n) is 2.70. The summed E-state index contributed by atoms with van der Waals surface area (Å²) in [6.45, 7) is 6.06. The van der Waals surface area contributed by atoms with Gasteiger partial charge in [0, 0.05) is 17.3 Å². The van der Waals surface area contributed by atoms with E-state index in [0.29, 0.717) is 40.0 Å². The summed E-state index contributed by atoms with van der Waals surface area (Å²) in [6.07, 6.45) is 1.88. The fraction of sp³-hybridized carbons (Fsp3) is 0.263. The molecule has 9 heteroatoms. The molecule has 3 rings (SSSR count). The van der Waals surface area contributed by atoms with Gasteiger partial charge in [-0.3, -0.25) is 9.48 Å². The molecule has 144 valence electrons. The van der Waals surface area contributed by atoms with E-state index in [9.17, 15) is 9.90 Å². The number of thiazole rings is 1. The molecule has 0 radical (unpaired) electrons. The first-order valence-electron chi connectivity index (χ1n) is 8.64. The van der Waals surface area contributed by atoms with Crippen molar-refractivity contribution in [1.29, 1.82) is 5.26 Å². The van der Waals surface area contributed by atoms with Crippen molar-refractivity contribution in [3.8, 4) is 11.8 Å². The van der Waals surface area contributed by atoms with Gasteiger partial charge in [-0.15, -0.1) is 0 Å². The molecule has 1 amide bonds. The number of nitrogens with zero attached hydrogens (tertiary/aromatic N) is 4. The number of nitrogens with one attached hydrogen (secondary N) is 2. The van der Waals surface area contributed by atoms with Crippen LogP contribution in [0.15, 0.2) is 24.4 Å². The molecule has 0 aliphatic rings. The molecule has 0 unspecified atom stereocenters. The molecule has 1 aromatic carbocycles. The van der Waals surface area contributed by atoms with Crippen molar-refractivity contribution in [1.82, 2.24) is 14.8 Å². The predicted octanol–water partition coefficient (Wildman–Crippen LogP) is 3.88. The molecule has 0 saturated heterocycles. The highest BCUT2D eigenvalue weighted by atomic mass is 32.1. The lowest BCUT2D eigenvalue weighted by Crippen LogP contribution is -2.12. The van der Waals surface area contributed by atoms with Gasteiger partial charge in [0.15, 0.2) is 10.9 Å². The van der Waals surface area contributed by atoms with Crippen LogP contribution in [0.3, 0.4) is 0 Å². The Morgan fingerprint density at radius 1 is 1.36 bits per heavy atom. The molecule has 0 spiro atoms. The van der Waals surface area contributed by atoms with Crippen molar-refractivity contribution in [2.24, 2.45) is 0 Å². The Balaban J connectivity index is 1.71. The van der Waals surface area contributed by atoms with Crippen LogP contribution in [0.5, 0.6) is 5.75 Å². The monoisotopic (exact) mass is 396 g/mol. The quantitative estimate of drug-likeness (QED) is 0.582. The van der Waals surface area contributed by atoms with Gasteiger partial charge >= 0.3 is 0 Å². The van der Waals surface area contributed by atoms with Crippen LogP contribution < -0.4 is 10.6 Å². The number of carbonyl (C=O) groups excluding carboxylic acids is 1. The molecule has 0 bridgehead atoms. The highest BCUT2D eigenvalue weighted by Gasteiger charge is 2.15. The smallest absolute Gasteiger partial charge is 0.267 e. The van der Waals surface area contributed by atoms with E-state index in [1.807, 2.05) is 19.9 Å². The average Bonchev–Trinajstić information content (AvgIpc) is 3.27. The second kappa shape index (κ2) is 8.10. The summed E-state index contributed by atoms with van der Waals surface area (Å²) in [6, 6.07) is 7.31. The zero-order valence-corrected chi connectivity index (χ0v) is 16.6. The molecule has 0 atom stereocenters. The number of benzene rings is 1. The van der Waals surface area contributed by atoms with Crippen LogP contribution in [0.2, 0.25) is 0 Å². The number of aromatic nitrogens is 3. The van der Waals surface area contributed by atoms with Crippen molar-refractivity contribution in [3.63, 3.8) is 0 Å². The number of rotatable bonds is 6. The van der Waals surface area contributed by atoms with Gasteiger partial charge in [0.25, 0.3) is 5.91 Å². The molecule has 0 saturated carbocycles. The summed E-state index contributed by atoms with van der Waals surface area (Å²) in [7, 11) is 0. The van der Waals surface area contributed by atoms with Gasteiger partial charge in [-0.2, -0.15) is 10.4 Å². The molecule has 3 aromatic rings. The number of aryl methyl sites for hydroxylation is 3.